The van der Waals surface area contributed by atoms with Crippen LogP contribution in [0.4, 0.5) is 0 Å². The van der Waals surface area contributed by atoms with Crippen molar-refractivity contribution in [1.82, 2.24) is 10.2 Å². The Balaban J connectivity index is 1.64. The van der Waals surface area contributed by atoms with E-state index < -0.39 is 7.50 Å². The first-order valence-corrected chi connectivity index (χ1v) is 9.76. The average molecular weight is 314 g/mol. The Morgan fingerprint density at radius 3 is 2.68 bits per heavy atom. The molecule has 1 unspecified atom stereocenters. The van der Waals surface area contributed by atoms with E-state index in [4.69, 9.17) is 12.2 Å². The van der Waals surface area contributed by atoms with Crippen molar-refractivity contribution in [2.45, 2.75) is 19.3 Å². The van der Waals surface area contributed by atoms with E-state index in [0.717, 1.165) is 35.7 Å². The van der Waals surface area contributed by atoms with E-state index in [1.165, 1.54) is 12.8 Å². The minimum atomic E-state index is -1.16. The van der Waals surface area contributed by atoms with Gasteiger partial charge in [0.2, 0.25) is 0 Å². The third kappa shape index (κ3) is 5.46. The third-order valence-corrected chi connectivity index (χ3v) is 6.02. The lowest BCUT2D eigenvalue weighted by molar-refractivity contribution is 0.301. The zero-order valence-electron chi connectivity index (χ0n) is 10.8. The molecule has 0 amide bonds. The fraction of sp³-hybridized carbons (Fsp3) is 0.462. The molecule has 19 heavy (non-hydrogen) atoms. The number of hydrogen-bond donors (Lipinski definition) is 2. The quantitative estimate of drug-likeness (QED) is 0.458. The summed E-state index contributed by atoms with van der Waals surface area (Å²) in [7, 11) is -1.16. The monoisotopic (exact) mass is 314 g/mol. The Morgan fingerprint density at radius 1 is 1.32 bits per heavy atom. The molecule has 2 rings (SSSR count). The highest BCUT2D eigenvalue weighted by Crippen LogP contribution is 2.42. The van der Waals surface area contributed by atoms with Gasteiger partial charge in [-0.05, 0) is 24.8 Å². The van der Waals surface area contributed by atoms with Crippen LogP contribution in [0.2, 0.25) is 0 Å². The van der Waals surface area contributed by atoms with Crippen LogP contribution in [0.3, 0.4) is 0 Å². The van der Waals surface area contributed by atoms with Crippen molar-refractivity contribution in [1.29, 1.82) is 0 Å². The summed E-state index contributed by atoms with van der Waals surface area (Å²) in [6, 6.07) is 10.1. The Hall–Kier alpha value is -0.0300. The molecule has 0 spiro atoms. The lowest BCUT2D eigenvalue weighted by atomic mass is 10.1. The summed E-state index contributed by atoms with van der Waals surface area (Å²) in [6.07, 6.45) is 3.28. The molecule has 1 aromatic rings. The number of benzene rings is 1. The van der Waals surface area contributed by atoms with Crippen LogP contribution in [-0.4, -0.2) is 33.6 Å². The van der Waals surface area contributed by atoms with Crippen molar-refractivity contribution >= 4 is 36.0 Å². The summed E-state index contributed by atoms with van der Waals surface area (Å²) in [4.78, 5) is 10.9. The number of hydrazine groups is 1. The number of nitrogens with zero attached hydrogens (tertiary/aromatic N) is 1. The first kappa shape index (κ1) is 15.4. The molecule has 1 aliphatic rings. The second-order valence-electron chi connectivity index (χ2n) is 4.44. The van der Waals surface area contributed by atoms with Gasteiger partial charge in [0.25, 0.3) is 0 Å². The second kappa shape index (κ2) is 8.30. The summed E-state index contributed by atoms with van der Waals surface area (Å²) < 4.78 is 0. The van der Waals surface area contributed by atoms with Crippen LogP contribution in [-0.2, 0) is 0 Å². The minimum Gasteiger partial charge on any atom is -0.350 e. The number of hydrogen-bond acceptors (Lipinski definition) is 5. The standard InChI is InChI=1S/C13H19N2OPS2/c16-17(14-15-9-4-5-10-15)19-11-8-13(18)12-6-2-1-3-7-12/h1-3,6-7,14,16H,4-5,8-11H2. The molecule has 0 radical (unpaired) electrons. The molecule has 1 saturated heterocycles. The van der Waals surface area contributed by atoms with Gasteiger partial charge in [-0.3, -0.25) is 0 Å². The fourth-order valence-electron chi connectivity index (χ4n) is 1.96. The van der Waals surface area contributed by atoms with Gasteiger partial charge in [-0.25, -0.2) is 10.2 Å². The summed E-state index contributed by atoms with van der Waals surface area (Å²) in [5.41, 5.74) is 1.12. The Bertz CT molecular complexity index is 399. The largest absolute Gasteiger partial charge is 0.350 e. The zero-order valence-corrected chi connectivity index (χ0v) is 13.3. The normalized spacial score (nSPS) is 17.5. The van der Waals surface area contributed by atoms with Gasteiger partial charge in [0.15, 0.2) is 7.50 Å². The molecule has 1 heterocycles. The molecule has 1 aromatic carbocycles. The highest BCUT2D eigenvalue weighted by molar-refractivity contribution is 8.53. The van der Waals surface area contributed by atoms with Crippen LogP contribution in [0.5, 0.6) is 0 Å². The molecular formula is C13H19N2OPS2. The first-order chi connectivity index (χ1) is 9.25. The van der Waals surface area contributed by atoms with Crippen molar-refractivity contribution in [2.24, 2.45) is 0 Å². The van der Waals surface area contributed by atoms with E-state index in [9.17, 15) is 4.89 Å². The van der Waals surface area contributed by atoms with Crippen LogP contribution in [0.25, 0.3) is 0 Å². The third-order valence-electron chi connectivity index (χ3n) is 2.97. The topological polar surface area (TPSA) is 35.5 Å². The van der Waals surface area contributed by atoms with Gasteiger partial charge < -0.3 is 4.89 Å². The van der Waals surface area contributed by atoms with Gasteiger partial charge in [0.1, 0.15) is 0 Å². The van der Waals surface area contributed by atoms with Gasteiger partial charge >= 0.3 is 0 Å². The SMILES string of the molecule is OP(NN1CCCC1)SCCC(=S)c1ccccc1. The van der Waals surface area contributed by atoms with Crippen molar-refractivity contribution in [3.8, 4) is 0 Å². The van der Waals surface area contributed by atoms with Crippen molar-refractivity contribution in [3.05, 3.63) is 35.9 Å². The minimum absolute atomic E-state index is 0.838. The molecular weight excluding hydrogens is 295 g/mol. The van der Waals surface area contributed by atoms with Gasteiger partial charge in [0, 0.05) is 23.7 Å². The molecule has 0 saturated carbocycles. The van der Waals surface area contributed by atoms with E-state index in [2.05, 4.69) is 10.2 Å². The summed E-state index contributed by atoms with van der Waals surface area (Å²) in [6.45, 7) is 2.09. The summed E-state index contributed by atoms with van der Waals surface area (Å²) in [5.74, 6) is 0.858. The van der Waals surface area contributed by atoms with E-state index in [0.29, 0.717) is 0 Å². The molecule has 6 heteroatoms. The van der Waals surface area contributed by atoms with Gasteiger partial charge in [0.05, 0.1) is 0 Å². The Kier molecular flexibility index (Phi) is 6.71. The van der Waals surface area contributed by atoms with E-state index in [-0.39, 0.29) is 0 Å². The van der Waals surface area contributed by atoms with Crippen LogP contribution < -0.4 is 5.20 Å². The van der Waals surface area contributed by atoms with Crippen LogP contribution in [0.15, 0.2) is 30.3 Å². The molecule has 0 aromatic heterocycles. The van der Waals surface area contributed by atoms with Gasteiger partial charge in [-0.2, -0.15) is 0 Å². The fourth-order valence-corrected chi connectivity index (χ4v) is 4.61. The van der Waals surface area contributed by atoms with E-state index in [1.54, 1.807) is 11.4 Å². The zero-order chi connectivity index (χ0) is 13.5. The Labute approximate surface area is 125 Å². The Morgan fingerprint density at radius 2 is 2.00 bits per heavy atom. The second-order valence-corrected chi connectivity index (χ2v) is 8.16. The molecule has 0 bridgehead atoms. The number of thiocarbonyl (C=S) groups is 1. The number of nitrogens with one attached hydrogen (secondary N) is 1. The maximum Gasteiger partial charge on any atom is 0.178 e. The molecule has 1 atom stereocenters. The maximum atomic E-state index is 9.92. The van der Waals surface area contributed by atoms with Crippen LogP contribution >= 0.6 is 31.1 Å². The first-order valence-electron chi connectivity index (χ1n) is 6.47. The number of rotatable bonds is 7. The van der Waals surface area contributed by atoms with E-state index in [1.807, 2.05) is 30.3 Å². The van der Waals surface area contributed by atoms with Crippen LogP contribution in [0.1, 0.15) is 24.8 Å². The van der Waals surface area contributed by atoms with Crippen molar-refractivity contribution in [3.63, 3.8) is 0 Å². The van der Waals surface area contributed by atoms with Crippen molar-refractivity contribution < 1.29 is 4.89 Å². The van der Waals surface area contributed by atoms with Crippen LogP contribution in [0, 0.1) is 0 Å². The highest BCUT2D eigenvalue weighted by Gasteiger charge is 2.15. The molecule has 1 fully saturated rings. The van der Waals surface area contributed by atoms with Gasteiger partial charge in [-0.1, -0.05) is 53.9 Å². The molecule has 3 nitrogen and oxygen atoms in total. The van der Waals surface area contributed by atoms with Crippen molar-refractivity contribution in [2.75, 3.05) is 18.8 Å². The summed E-state index contributed by atoms with van der Waals surface area (Å²) in [5, 5.41) is 5.28. The average Bonchev–Trinajstić information content (AvgIpc) is 2.92. The van der Waals surface area contributed by atoms with E-state index >= 15 is 0 Å². The highest BCUT2D eigenvalue weighted by atomic mass is 32.7. The van der Waals surface area contributed by atoms with Gasteiger partial charge in [-0.15, -0.1) is 0 Å². The predicted molar refractivity (Wildman–Crippen MR) is 88.3 cm³/mol. The molecule has 2 N–H and O–H groups in total. The predicted octanol–water partition coefficient (Wildman–Crippen LogP) is 3.35. The smallest absolute Gasteiger partial charge is 0.178 e. The molecule has 1 aliphatic heterocycles. The maximum absolute atomic E-state index is 9.92. The molecule has 0 aliphatic carbocycles. The lowest BCUT2D eigenvalue weighted by Crippen LogP contribution is -2.30. The summed E-state index contributed by atoms with van der Waals surface area (Å²) >= 11 is 6.96. The lowest BCUT2D eigenvalue weighted by Gasteiger charge is -2.19. The molecule has 104 valence electrons.